The van der Waals surface area contributed by atoms with Crippen molar-refractivity contribution in [3.05, 3.63) is 17.3 Å². The van der Waals surface area contributed by atoms with Gasteiger partial charge in [0.05, 0.1) is 5.69 Å². The predicted molar refractivity (Wildman–Crippen MR) is 85.7 cm³/mol. The molecule has 2 heterocycles. The summed E-state index contributed by atoms with van der Waals surface area (Å²) in [4.78, 5) is 8.40. The van der Waals surface area contributed by atoms with E-state index in [4.69, 9.17) is 4.98 Å². The molecule has 1 N–H and O–H groups in total. The molecule has 0 unspecified atom stereocenters. The molecule has 0 radical (unpaired) electrons. The van der Waals surface area contributed by atoms with E-state index >= 15 is 0 Å². The van der Waals surface area contributed by atoms with E-state index in [1.165, 1.54) is 37.2 Å². The van der Waals surface area contributed by atoms with Crippen LogP contribution in [0.4, 0.5) is 5.82 Å². The lowest BCUT2D eigenvalue weighted by Crippen LogP contribution is -2.27. The highest BCUT2D eigenvalue weighted by molar-refractivity contribution is 7.15. The third-order valence-corrected chi connectivity index (χ3v) is 4.69. The smallest absolute Gasteiger partial charge is 0.195 e. The molecule has 1 saturated carbocycles. The van der Waals surface area contributed by atoms with Gasteiger partial charge >= 0.3 is 0 Å². The first kappa shape index (κ1) is 13.9. The fourth-order valence-electron chi connectivity index (χ4n) is 2.53. The predicted octanol–water partition coefficient (Wildman–Crippen LogP) is 3.27. The number of unbranched alkanes of at least 4 members (excludes halogenated alkanes) is 1. The van der Waals surface area contributed by atoms with Crippen molar-refractivity contribution in [3.63, 3.8) is 0 Å². The second-order valence-electron chi connectivity index (χ2n) is 5.53. The van der Waals surface area contributed by atoms with Crippen molar-refractivity contribution >= 4 is 22.1 Å². The number of thiazole rings is 1. The van der Waals surface area contributed by atoms with Crippen LogP contribution in [0.1, 0.15) is 45.2 Å². The van der Waals surface area contributed by atoms with Gasteiger partial charge in [-0.3, -0.25) is 4.40 Å². The monoisotopic (exact) mass is 292 g/mol. The number of nitrogens with zero attached hydrogens (tertiary/aromatic N) is 3. The number of imidazole rings is 1. The molecule has 20 heavy (non-hydrogen) atoms. The Morgan fingerprint density at radius 3 is 3.00 bits per heavy atom. The first-order valence-electron chi connectivity index (χ1n) is 7.76. The van der Waals surface area contributed by atoms with E-state index in [-0.39, 0.29) is 0 Å². The Labute approximate surface area is 124 Å². The molecule has 0 bridgehead atoms. The van der Waals surface area contributed by atoms with Crippen LogP contribution in [0.25, 0.3) is 4.96 Å². The van der Waals surface area contributed by atoms with Crippen LogP contribution in [0, 0.1) is 0 Å². The van der Waals surface area contributed by atoms with E-state index in [1.807, 2.05) is 0 Å². The Bertz CT molecular complexity index is 555. The SMILES string of the molecule is CCCCN(CC)c1nc2sccn2c1CNC1CC1. The minimum absolute atomic E-state index is 0.734. The van der Waals surface area contributed by atoms with Crippen molar-refractivity contribution in [1.82, 2.24) is 14.7 Å². The minimum Gasteiger partial charge on any atom is -0.355 e. The Kier molecular flexibility index (Phi) is 4.27. The largest absolute Gasteiger partial charge is 0.355 e. The van der Waals surface area contributed by atoms with Crippen molar-refractivity contribution < 1.29 is 0 Å². The number of hydrogen-bond donors (Lipinski definition) is 1. The molecule has 110 valence electrons. The van der Waals surface area contributed by atoms with Gasteiger partial charge in [0.15, 0.2) is 10.8 Å². The van der Waals surface area contributed by atoms with Crippen LogP contribution in [-0.4, -0.2) is 28.5 Å². The first-order valence-corrected chi connectivity index (χ1v) is 8.64. The number of rotatable bonds is 8. The van der Waals surface area contributed by atoms with Crippen LogP contribution in [0.15, 0.2) is 11.6 Å². The van der Waals surface area contributed by atoms with Gasteiger partial charge in [-0.2, -0.15) is 0 Å². The Morgan fingerprint density at radius 1 is 1.45 bits per heavy atom. The van der Waals surface area contributed by atoms with Gasteiger partial charge in [-0.05, 0) is 26.2 Å². The molecule has 5 heteroatoms. The van der Waals surface area contributed by atoms with Gasteiger partial charge in [-0.1, -0.05) is 13.3 Å². The zero-order chi connectivity index (χ0) is 13.9. The van der Waals surface area contributed by atoms with Gasteiger partial charge in [0, 0.05) is 37.3 Å². The highest BCUT2D eigenvalue weighted by Gasteiger charge is 2.23. The second-order valence-corrected chi connectivity index (χ2v) is 6.40. The van der Waals surface area contributed by atoms with Crippen molar-refractivity contribution in [2.75, 3.05) is 18.0 Å². The summed E-state index contributed by atoms with van der Waals surface area (Å²) in [7, 11) is 0. The van der Waals surface area contributed by atoms with Crippen molar-refractivity contribution in [2.45, 2.75) is 52.1 Å². The van der Waals surface area contributed by atoms with E-state index < -0.39 is 0 Å². The molecule has 4 nitrogen and oxygen atoms in total. The summed E-state index contributed by atoms with van der Waals surface area (Å²) in [5.41, 5.74) is 1.33. The highest BCUT2D eigenvalue weighted by atomic mass is 32.1. The van der Waals surface area contributed by atoms with Crippen LogP contribution in [-0.2, 0) is 6.54 Å². The average Bonchev–Trinajstić information content (AvgIpc) is 3.06. The van der Waals surface area contributed by atoms with Gasteiger partial charge in [0.1, 0.15) is 0 Å². The maximum atomic E-state index is 4.86. The van der Waals surface area contributed by atoms with E-state index in [0.717, 1.165) is 30.6 Å². The standard InChI is InChI=1S/C15H24N4S/c1-3-5-8-18(4-2)14-13(11-16-12-6-7-12)19-9-10-20-15(19)17-14/h9-10,12,16H,3-8,11H2,1-2H3. The molecular weight excluding hydrogens is 268 g/mol. The van der Waals surface area contributed by atoms with Crippen molar-refractivity contribution in [2.24, 2.45) is 0 Å². The zero-order valence-corrected chi connectivity index (χ0v) is 13.2. The number of fused-ring (bicyclic) bond motifs is 1. The maximum absolute atomic E-state index is 4.86. The lowest BCUT2D eigenvalue weighted by atomic mass is 10.3. The number of nitrogens with one attached hydrogen (secondary N) is 1. The molecule has 1 fully saturated rings. The van der Waals surface area contributed by atoms with Gasteiger partial charge in [0.25, 0.3) is 0 Å². The van der Waals surface area contributed by atoms with E-state index in [0.29, 0.717) is 0 Å². The van der Waals surface area contributed by atoms with Gasteiger partial charge in [0.2, 0.25) is 0 Å². The summed E-state index contributed by atoms with van der Waals surface area (Å²) < 4.78 is 2.25. The van der Waals surface area contributed by atoms with Crippen LogP contribution < -0.4 is 10.2 Å². The molecule has 1 aliphatic rings. The van der Waals surface area contributed by atoms with Gasteiger partial charge in [-0.15, -0.1) is 11.3 Å². The summed E-state index contributed by atoms with van der Waals surface area (Å²) in [5.74, 6) is 1.18. The molecule has 0 aromatic carbocycles. The Morgan fingerprint density at radius 2 is 2.30 bits per heavy atom. The third kappa shape index (κ3) is 2.83. The van der Waals surface area contributed by atoms with Gasteiger partial charge in [-0.25, -0.2) is 4.98 Å². The molecule has 2 aromatic heterocycles. The number of hydrogen-bond acceptors (Lipinski definition) is 4. The molecule has 0 amide bonds. The molecule has 0 aliphatic heterocycles. The summed E-state index contributed by atoms with van der Waals surface area (Å²) in [6.07, 6.45) is 7.26. The van der Waals surface area contributed by atoms with Gasteiger partial charge < -0.3 is 10.2 Å². The Balaban J connectivity index is 1.85. The lowest BCUT2D eigenvalue weighted by molar-refractivity contribution is 0.661. The summed E-state index contributed by atoms with van der Waals surface area (Å²) >= 11 is 1.72. The second kappa shape index (κ2) is 6.14. The topological polar surface area (TPSA) is 32.6 Å². The fraction of sp³-hybridized carbons (Fsp3) is 0.667. The first-order chi connectivity index (χ1) is 9.83. The molecule has 3 rings (SSSR count). The molecule has 1 aliphatic carbocycles. The molecular formula is C15H24N4S. The van der Waals surface area contributed by atoms with Crippen molar-refractivity contribution in [1.29, 1.82) is 0 Å². The fourth-order valence-corrected chi connectivity index (χ4v) is 3.26. The molecule has 0 atom stereocenters. The summed E-state index contributed by atoms with van der Waals surface area (Å²) in [6, 6.07) is 0.734. The zero-order valence-electron chi connectivity index (χ0n) is 12.4. The lowest BCUT2D eigenvalue weighted by Gasteiger charge is -2.22. The normalized spacial score (nSPS) is 15.1. The van der Waals surface area contributed by atoms with Crippen LogP contribution in [0.5, 0.6) is 0 Å². The molecule has 2 aromatic rings. The molecule has 0 saturated heterocycles. The number of anilines is 1. The number of aromatic nitrogens is 2. The summed E-state index contributed by atoms with van der Waals surface area (Å²) in [6.45, 7) is 7.53. The third-order valence-electron chi connectivity index (χ3n) is 3.94. The van der Waals surface area contributed by atoms with Crippen molar-refractivity contribution in [3.8, 4) is 0 Å². The van der Waals surface area contributed by atoms with E-state index in [1.54, 1.807) is 11.3 Å². The summed E-state index contributed by atoms with van der Waals surface area (Å²) in [5, 5.41) is 5.75. The van der Waals surface area contributed by atoms with E-state index in [9.17, 15) is 0 Å². The van der Waals surface area contributed by atoms with Crippen LogP contribution in [0.2, 0.25) is 0 Å². The van der Waals surface area contributed by atoms with E-state index in [2.05, 4.69) is 40.0 Å². The van der Waals surface area contributed by atoms with Crippen LogP contribution >= 0.6 is 11.3 Å². The molecule has 0 spiro atoms. The quantitative estimate of drug-likeness (QED) is 0.810. The maximum Gasteiger partial charge on any atom is 0.195 e. The average molecular weight is 292 g/mol. The Hall–Kier alpha value is -1.07. The minimum atomic E-state index is 0.734. The van der Waals surface area contributed by atoms with Crippen LogP contribution in [0.3, 0.4) is 0 Å². The highest BCUT2D eigenvalue weighted by Crippen LogP contribution is 2.26.